The topological polar surface area (TPSA) is 72.7 Å². The van der Waals surface area contributed by atoms with Crippen molar-refractivity contribution in [2.45, 2.75) is 25.9 Å². The third-order valence-corrected chi connectivity index (χ3v) is 12.8. The van der Waals surface area contributed by atoms with E-state index < -0.39 is 8.07 Å². The van der Waals surface area contributed by atoms with Gasteiger partial charge in [0, 0.05) is 61.7 Å². The molecule has 0 aromatic heterocycles. The van der Waals surface area contributed by atoms with E-state index in [0.29, 0.717) is 5.56 Å². The Morgan fingerprint density at radius 3 is 2.43 bits per heavy atom. The van der Waals surface area contributed by atoms with Crippen LogP contribution in [0.25, 0.3) is 5.57 Å². The van der Waals surface area contributed by atoms with Crippen LogP contribution in [-0.4, -0.2) is 80.3 Å². The zero-order chi connectivity index (χ0) is 29.0. The van der Waals surface area contributed by atoms with Crippen molar-refractivity contribution in [1.29, 1.82) is 0 Å². The van der Waals surface area contributed by atoms with Gasteiger partial charge in [0.15, 0.2) is 5.71 Å². The zero-order valence-electron chi connectivity index (χ0n) is 24.2. The molecule has 7 nitrogen and oxygen atoms in total. The highest BCUT2D eigenvalue weighted by molar-refractivity contribution is 6.98. The smallest absolute Gasteiger partial charge is 0.253 e. The van der Waals surface area contributed by atoms with Crippen molar-refractivity contribution in [2.75, 3.05) is 44.2 Å². The Hall–Kier alpha value is -4.30. The third-order valence-electron chi connectivity index (χ3n) is 9.27. The van der Waals surface area contributed by atoms with E-state index in [-0.39, 0.29) is 30.8 Å². The summed E-state index contributed by atoms with van der Waals surface area (Å²) in [6.45, 7) is 9.73. The van der Waals surface area contributed by atoms with Gasteiger partial charge in [-0.2, -0.15) is 0 Å². The van der Waals surface area contributed by atoms with Gasteiger partial charge in [-0.25, -0.2) is 4.58 Å². The summed E-state index contributed by atoms with van der Waals surface area (Å²) in [7, 11) is -2.03. The number of allylic oxidation sites excluding steroid dienone is 5. The number of imide groups is 1. The van der Waals surface area contributed by atoms with Crippen LogP contribution in [0.1, 0.15) is 34.3 Å². The maximum Gasteiger partial charge on any atom is 0.253 e. The number of anilines is 1. The summed E-state index contributed by atoms with van der Waals surface area (Å²) in [6.07, 6.45) is 12.0. The summed E-state index contributed by atoms with van der Waals surface area (Å²) in [5.74, 6) is -0.914. The number of hydrogen-bond donors (Lipinski definition) is 1. The van der Waals surface area contributed by atoms with Crippen molar-refractivity contribution in [3.05, 3.63) is 100 Å². The lowest BCUT2D eigenvalue weighted by Crippen LogP contribution is -2.50. The van der Waals surface area contributed by atoms with Crippen LogP contribution in [0.4, 0.5) is 5.69 Å². The third kappa shape index (κ3) is 4.41. The van der Waals surface area contributed by atoms with Crippen LogP contribution in [0.3, 0.4) is 0 Å². The molecule has 212 valence electrons. The summed E-state index contributed by atoms with van der Waals surface area (Å²) in [6, 6.07) is 14.8. The molecule has 2 aromatic rings. The molecule has 1 N–H and O–H groups in total. The van der Waals surface area contributed by atoms with E-state index >= 15 is 0 Å². The van der Waals surface area contributed by atoms with E-state index in [9.17, 15) is 14.4 Å². The number of amides is 3. The van der Waals surface area contributed by atoms with E-state index in [1.54, 1.807) is 0 Å². The minimum absolute atomic E-state index is 0.145. The summed E-state index contributed by atoms with van der Waals surface area (Å²) >= 11 is 0. The van der Waals surface area contributed by atoms with Gasteiger partial charge >= 0.3 is 0 Å². The van der Waals surface area contributed by atoms with Gasteiger partial charge in [-0.1, -0.05) is 31.3 Å². The lowest BCUT2D eigenvalue weighted by atomic mass is 9.88. The number of benzene rings is 2. The normalized spacial score (nSPS) is 20.3. The van der Waals surface area contributed by atoms with Gasteiger partial charge in [0.25, 0.3) is 17.7 Å². The SMILES string of the molecule is C[Si]1(C)C2=CC(=[N+]3CCC3)C=CC2=C(c2cccc(C(=O)NCCN3C(=O)C=CC3=O)c2)c2ccc(N3CCC3)cc21. The molecular formula is C34H35N4O3Si+. The number of nitrogens with one attached hydrogen (secondary N) is 1. The maximum atomic E-state index is 13.2. The Balaban J connectivity index is 1.26. The Labute approximate surface area is 247 Å². The van der Waals surface area contributed by atoms with Crippen molar-refractivity contribution in [1.82, 2.24) is 10.2 Å². The van der Waals surface area contributed by atoms with Crippen LogP contribution in [0.2, 0.25) is 13.1 Å². The molecule has 42 heavy (non-hydrogen) atoms. The fourth-order valence-corrected chi connectivity index (χ4v) is 9.60. The molecule has 4 aliphatic heterocycles. The van der Waals surface area contributed by atoms with Crippen molar-refractivity contribution in [3.63, 3.8) is 0 Å². The van der Waals surface area contributed by atoms with Gasteiger partial charge in [0.05, 0.1) is 6.42 Å². The molecule has 8 heteroatoms. The Kier molecular flexibility index (Phi) is 6.46. The molecule has 0 unspecified atom stereocenters. The van der Waals surface area contributed by atoms with Gasteiger partial charge in [-0.15, -0.1) is 0 Å². The lowest BCUT2D eigenvalue weighted by Gasteiger charge is -2.40. The van der Waals surface area contributed by atoms with E-state index in [2.05, 4.69) is 70.4 Å². The molecule has 3 amide bonds. The van der Waals surface area contributed by atoms with Gasteiger partial charge in [0.1, 0.15) is 21.2 Å². The second-order valence-corrected chi connectivity index (χ2v) is 16.5. The predicted octanol–water partition coefficient (Wildman–Crippen LogP) is 3.18. The number of carbonyl (C=O) groups is 3. The fraction of sp³-hybridized carbons (Fsp3) is 0.294. The van der Waals surface area contributed by atoms with Crippen molar-refractivity contribution in [3.8, 4) is 0 Å². The first-order chi connectivity index (χ1) is 20.3. The Morgan fingerprint density at radius 2 is 1.74 bits per heavy atom. The quantitative estimate of drug-likeness (QED) is 0.326. The highest BCUT2D eigenvalue weighted by Crippen LogP contribution is 2.42. The van der Waals surface area contributed by atoms with E-state index in [0.717, 1.165) is 36.6 Å². The minimum Gasteiger partial charge on any atom is -0.371 e. The fourth-order valence-electron chi connectivity index (χ4n) is 6.53. The molecule has 2 aromatic carbocycles. The largest absolute Gasteiger partial charge is 0.371 e. The van der Waals surface area contributed by atoms with Crippen molar-refractivity contribution >= 4 is 48.0 Å². The summed E-state index contributed by atoms with van der Waals surface area (Å²) in [4.78, 5) is 40.5. The van der Waals surface area contributed by atoms with Crippen LogP contribution < -0.4 is 15.4 Å². The summed E-state index contributed by atoms with van der Waals surface area (Å²) in [5.41, 5.74) is 7.87. The standard InChI is InChI=1S/C34H34N4O3Si/c1-42(2)29-21-25(36-15-4-16-36)8-10-27(29)33(28-11-9-26(22-30(28)42)37-17-5-18-37)23-6-3-7-24(20-23)34(41)35-14-19-38-31(39)12-13-32(38)40/h3,6-13,20-22H,4-5,14-19H2,1-2H3/p+1. The lowest BCUT2D eigenvalue weighted by molar-refractivity contribution is -0.582. The molecular weight excluding hydrogens is 540 g/mol. The predicted molar refractivity (Wildman–Crippen MR) is 168 cm³/mol. The Morgan fingerprint density at radius 1 is 0.952 bits per heavy atom. The molecule has 0 spiro atoms. The second kappa shape index (κ2) is 10.2. The molecule has 2 fully saturated rings. The van der Waals surface area contributed by atoms with Crippen molar-refractivity contribution in [2.24, 2.45) is 0 Å². The Bertz CT molecular complexity index is 1680. The van der Waals surface area contributed by atoms with Crippen LogP contribution in [-0.2, 0) is 9.59 Å². The molecule has 4 heterocycles. The highest BCUT2D eigenvalue weighted by atomic mass is 28.3. The molecule has 7 rings (SSSR count). The first kappa shape index (κ1) is 26.6. The molecule has 1 aliphatic carbocycles. The van der Waals surface area contributed by atoms with E-state index in [1.807, 2.05) is 18.2 Å². The summed E-state index contributed by atoms with van der Waals surface area (Å²) in [5, 5.41) is 5.77. The number of rotatable bonds is 6. The number of fused-ring (bicyclic) bond motifs is 2. The molecule has 0 atom stereocenters. The van der Waals surface area contributed by atoms with Crippen LogP contribution in [0.5, 0.6) is 0 Å². The van der Waals surface area contributed by atoms with Crippen LogP contribution in [0, 0.1) is 0 Å². The molecule has 2 saturated heterocycles. The van der Waals surface area contributed by atoms with Gasteiger partial charge < -0.3 is 10.2 Å². The zero-order valence-corrected chi connectivity index (χ0v) is 25.2. The van der Waals surface area contributed by atoms with Crippen molar-refractivity contribution < 1.29 is 19.0 Å². The van der Waals surface area contributed by atoms with Gasteiger partial charge in [-0.3, -0.25) is 19.3 Å². The average Bonchev–Trinajstić information content (AvgIpc) is 3.24. The number of hydrogen-bond acceptors (Lipinski definition) is 4. The molecule has 0 saturated carbocycles. The van der Waals surface area contributed by atoms with E-state index in [4.69, 9.17) is 0 Å². The first-order valence-electron chi connectivity index (χ1n) is 14.9. The van der Waals surface area contributed by atoms with Crippen LogP contribution in [0.15, 0.2) is 83.6 Å². The molecule has 5 aliphatic rings. The molecule has 0 bridgehead atoms. The average molecular weight is 576 g/mol. The van der Waals surface area contributed by atoms with E-state index in [1.165, 1.54) is 63.5 Å². The first-order valence-corrected chi connectivity index (χ1v) is 17.9. The molecule has 0 radical (unpaired) electrons. The monoisotopic (exact) mass is 575 g/mol. The van der Waals surface area contributed by atoms with Crippen LogP contribution >= 0.6 is 0 Å². The number of carbonyl (C=O) groups excluding carboxylic acids is 3. The second-order valence-electron chi connectivity index (χ2n) is 12.1. The maximum absolute atomic E-state index is 13.2. The summed E-state index contributed by atoms with van der Waals surface area (Å²) < 4.78 is 2.46. The number of nitrogens with zero attached hydrogens (tertiary/aromatic N) is 3. The highest BCUT2D eigenvalue weighted by Gasteiger charge is 2.41. The van der Waals surface area contributed by atoms with Gasteiger partial charge in [0.2, 0.25) is 0 Å². The minimum atomic E-state index is -2.03. The van der Waals surface area contributed by atoms with Gasteiger partial charge in [-0.05, 0) is 69.4 Å².